The molecule has 0 spiro atoms. The van der Waals surface area contributed by atoms with E-state index in [0.29, 0.717) is 37.0 Å². The molecule has 1 aliphatic rings. The molecule has 0 radical (unpaired) electrons. The SMILES string of the molecule is O=c1c(NCc2ccco2)c(NC[C@H]2COc3ccccc3O2)c1=O. The van der Waals surface area contributed by atoms with Gasteiger partial charge in [-0.25, -0.2) is 0 Å². The van der Waals surface area contributed by atoms with Crippen LogP contribution in [0.1, 0.15) is 5.76 Å². The molecule has 0 saturated carbocycles. The van der Waals surface area contributed by atoms with Gasteiger partial charge in [-0.2, -0.15) is 0 Å². The summed E-state index contributed by atoms with van der Waals surface area (Å²) < 4.78 is 16.7. The van der Waals surface area contributed by atoms with Gasteiger partial charge < -0.3 is 24.5 Å². The molecule has 0 unspecified atom stereocenters. The molecule has 2 N–H and O–H groups in total. The molecule has 7 nitrogen and oxygen atoms in total. The molecule has 3 aromatic rings. The zero-order chi connectivity index (χ0) is 17.2. The van der Waals surface area contributed by atoms with E-state index in [4.69, 9.17) is 13.9 Å². The molecule has 128 valence electrons. The number of anilines is 2. The molecule has 0 bridgehead atoms. The average molecular weight is 340 g/mol. The quantitative estimate of drug-likeness (QED) is 0.661. The monoisotopic (exact) mass is 340 g/mol. The number of hydrogen-bond donors (Lipinski definition) is 2. The number of rotatable bonds is 6. The van der Waals surface area contributed by atoms with Crippen molar-refractivity contribution in [3.63, 3.8) is 0 Å². The van der Waals surface area contributed by atoms with E-state index in [9.17, 15) is 9.59 Å². The highest BCUT2D eigenvalue weighted by atomic mass is 16.6. The summed E-state index contributed by atoms with van der Waals surface area (Å²) in [5, 5.41) is 5.93. The van der Waals surface area contributed by atoms with Crippen LogP contribution in [0.3, 0.4) is 0 Å². The first-order valence-corrected chi connectivity index (χ1v) is 7.94. The maximum atomic E-state index is 11.8. The van der Waals surface area contributed by atoms with Gasteiger partial charge in [-0.05, 0) is 24.3 Å². The lowest BCUT2D eigenvalue weighted by Gasteiger charge is -2.27. The summed E-state index contributed by atoms with van der Waals surface area (Å²) in [5.74, 6) is 2.05. The van der Waals surface area contributed by atoms with E-state index < -0.39 is 10.9 Å². The van der Waals surface area contributed by atoms with Gasteiger partial charge in [0.15, 0.2) is 11.5 Å². The van der Waals surface area contributed by atoms with E-state index in [1.807, 2.05) is 24.3 Å². The number of ether oxygens (including phenoxy) is 2. The predicted molar refractivity (Wildman–Crippen MR) is 92.2 cm³/mol. The van der Waals surface area contributed by atoms with Crippen LogP contribution >= 0.6 is 0 Å². The molecule has 1 atom stereocenters. The van der Waals surface area contributed by atoms with Crippen LogP contribution in [-0.2, 0) is 6.54 Å². The molecular formula is C18H16N2O5. The number of fused-ring (bicyclic) bond motifs is 1. The largest absolute Gasteiger partial charge is 0.486 e. The fourth-order valence-corrected chi connectivity index (χ4v) is 2.70. The van der Waals surface area contributed by atoms with E-state index in [2.05, 4.69) is 10.6 Å². The first-order valence-electron chi connectivity index (χ1n) is 7.94. The minimum Gasteiger partial charge on any atom is -0.486 e. The van der Waals surface area contributed by atoms with Crippen LogP contribution in [0.2, 0.25) is 0 Å². The van der Waals surface area contributed by atoms with E-state index >= 15 is 0 Å². The van der Waals surface area contributed by atoms with Gasteiger partial charge in [0, 0.05) is 0 Å². The predicted octanol–water partition coefficient (Wildman–Crippen LogP) is 1.74. The van der Waals surface area contributed by atoms with Crippen molar-refractivity contribution in [1.29, 1.82) is 0 Å². The van der Waals surface area contributed by atoms with Crippen LogP contribution < -0.4 is 31.0 Å². The lowest BCUT2D eigenvalue weighted by Crippen LogP contribution is -2.41. The van der Waals surface area contributed by atoms with Gasteiger partial charge in [-0.3, -0.25) is 9.59 Å². The Labute approximate surface area is 142 Å². The summed E-state index contributed by atoms with van der Waals surface area (Å²) in [6.45, 7) is 1.06. The van der Waals surface area contributed by atoms with Crippen LogP contribution in [0.25, 0.3) is 0 Å². The number of hydrogen-bond acceptors (Lipinski definition) is 7. The molecule has 1 aliphatic heterocycles. The van der Waals surface area contributed by atoms with Crippen molar-refractivity contribution in [2.75, 3.05) is 23.8 Å². The van der Waals surface area contributed by atoms with Gasteiger partial charge in [-0.1, -0.05) is 12.1 Å². The van der Waals surface area contributed by atoms with Crippen molar-refractivity contribution in [2.24, 2.45) is 0 Å². The molecule has 0 amide bonds. The van der Waals surface area contributed by atoms with Crippen LogP contribution in [0.4, 0.5) is 11.4 Å². The normalized spacial score (nSPS) is 15.9. The molecule has 2 aromatic carbocycles. The van der Waals surface area contributed by atoms with Crippen molar-refractivity contribution < 1.29 is 13.9 Å². The number of benzene rings is 1. The second-order valence-corrected chi connectivity index (χ2v) is 5.72. The van der Waals surface area contributed by atoms with Crippen LogP contribution in [0, 0.1) is 0 Å². The van der Waals surface area contributed by atoms with Crippen LogP contribution in [-0.4, -0.2) is 19.3 Å². The molecule has 2 heterocycles. The van der Waals surface area contributed by atoms with Crippen molar-refractivity contribution in [2.45, 2.75) is 12.6 Å². The zero-order valence-corrected chi connectivity index (χ0v) is 13.3. The number of para-hydroxylation sites is 2. The van der Waals surface area contributed by atoms with Crippen molar-refractivity contribution >= 4 is 11.4 Å². The maximum absolute atomic E-state index is 11.8. The van der Waals surface area contributed by atoms with Gasteiger partial charge in [0.2, 0.25) is 0 Å². The van der Waals surface area contributed by atoms with E-state index in [1.165, 1.54) is 0 Å². The molecule has 1 aromatic heterocycles. The van der Waals surface area contributed by atoms with Gasteiger partial charge in [0.1, 0.15) is 29.8 Å². The number of furan rings is 1. The van der Waals surface area contributed by atoms with E-state index in [0.717, 1.165) is 0 Å². The summed E-state index contributed by atoms with van der Waals surface area (Å²) >= 11 is 0. The Morgan fingerprint density at radius 3 is 2.48 bits per heavy atom. The highest BCUT2D eigenvalue weighted by Gasteiger charge is 2.24. The van der Waals surface area contributed by atoms with Crippen LogP contribution in [0.5, 0.6) is 11.5 Å². The van der Waals surface area contributed by atoms with Gasteiger partial charge in [0.25, 0.3) is 10.9 Å². The smallest absolute Gasteiger partial charge is 0.253 e. The van der Waals surface area contributed by atoms with Crippen LogP contribution in [0.15, 0.2) is 56.7 Å². The second kappa shape index (κ2) is 6.35. The molecule has 7 heteroatoms. The van der Waals surface area contributed by atoms with Gasteiger partial charge in [0.05, 0.1) is 19.4 Å². The maximum Gasteiger partial charge on any atom is 0.253 e. The second-order valence-electron chi connectivity index (χ2n) is 5.72. The first kappa shape index (κ1) is 15.3. The lowest BCUT2D eigenvalue weighted by atomic mass is 10.1. The Balaban J connectivity index is 1.38. The van der Waals surface area contributed by atoms with Crippen molar-refractivity contribution in [3.05, 3.63) is 68.9 Å². The molecule has 4 rings (SSSR count). The van der Waals surface area contributed by atoms with Crippen molar-refractivity contribution in [3.8, 4) is 11.5 Å². The standard InChI is InChI=1S/C18H16N2O5/c21-17-15(19-8-11-4-3-7-23-11)16(18(17)22)20-9-12-10-24-13-5-1-2-6-14(13)25-12/h1-7,12,19-20H,8-10H2/t12-/m0/s1. The van der Waals surface area contributed by atoms with Gasteiger partial charge in [-0.15, -0.1) is 0 Å². The summed E-state index contributed by atoms with van der Waals surface area (Å²) in [6.07, 6.45) is 1.30. The number of nitrogens with one attached hydrogen (secondary N) is 2. The fraction of sp³-hybridized carbons (Fsp3) is 0.222. The first-order chi connectivity index (χ1) is 12.2. The van der Waals surface area contributed by atoms with Gasteiger partial charge >= 0.3 is 0 Å². The van der Waals surface area contributed by atoms with E-state index in [1.54, 1.807) is 18.4 Å². The molecule has 25 heavy (non-hydrogen) atoms. The highest BCUT2D eigenvalue weighted by molar-refractivity contribution is 5.73. The molecule has 0 aliphatic carbocycles. The summed E-state index contributed by atoms with van der Waals surface area (Å²) in [7, 11) is 0. The molecule has 0 saturated heterocycles. The Morgan fingerprint density at radius 2 is 1.72 bits per heavy atom. The Bertz CT molecular complexity index is 941. The minimum absolute atomic E-state index is 0.253. The third-order valence-corrected chi connectivity index (χ3v) is 4.00. The minimum atomic E-state index is -0.529. The summed E-state index contributed by atoms with van der Waals surface area (Å²) in [4.78, 5) is 23.5. The molecule has 0 fully saturated rings. The summed E-state index contributed by atoms with van der Waals surface area (Å²) in [5.41, 5.74) is -0.503. The third kappa shape index (κ3) is 2.96. The Hall–Kier alpha value is -3.22. The topological polar surface area (TPSA) is 89.8 Å². The fourth-order valence-electron chi connectivity index (χ4n) is 2.70. The molecular weight excluding hydrogens is 324 g/mol. The third-order valence-electron chi connectivity index (χ3n) is 4.00. The Kier molecular flexibility index (Phi) is 3.89. The highest BCUT2D eigenvalue weighted by Crippen LogP contribution is 2.31. The van der Waals surface area contributed by atoms with Crippen molar-refractivity contribution in [1.82, 2.24) is 0 Å². The Morgan fingerprint density at radius 1 is 0.960 bits per heavy atom. The lowest BCUT2D eigenvalue weighted by molar-refractivity contribution is 0.0997. The average Bonchev–Trinajstić information content (AvgIpc) is 3.17. The zero-order valence-electron chi connectivity index (χ0n) is 13.3. The summed E-state index contributed by atoms with van der Waals surface area (Å²) in [6, 6.07) is 11.0. The van der Waals surface area contributed by atoms with E-state index in [-0.39, 0.29) is 17.5 Å².